The van der Waals surface area contributed by atoms with Gasteiger partial charge < -0.3 is 9.52 Å². The van der Waals surface area contributed by atoms with Crippen LogP contribution in [0.4, 0.5) is 0 Å². The summed E-state index contributed by atoms with van der Waals surface area (Å²) < 4.78 is 53.6. The lowest BCUT2D eigenvalue weighted by Crippen LogP contribution is -2.03. The highest BCUT2D eigenvalue weighted by atomic mass is 79.9. The molecule has 0 saturated heterocycles. The van der Waals surface area contributed by atoms with Crippen LogP contribution < -0.4 is 0 Å². The molecule has 3 aromatic rings. The third kappa shape index (κ3) is 2.48. The fraction of sp³-hybridized carbons (Fsp3) is 0.118. The van der Waals surface area contributed by atoms with Gasteiger partial charge in [0.15, 0.2) is 5.78 Å². The number of phenolic OH excluding ortho intramolecular Hbond substituents is 1. The van der Waals surface area contributed by atoms with E-state index in [9.17, 15) is 9.90 Å². The van der Waals surface area contributed by atoms with Crippen molar-refractivity contribution in [1.82, 2.24) is 0 Å². The van der Waals surface area contributed by atoms with Crippen LogP contribution in [0, 0.1) is 0 Å². The van der Waals surface area contributed by atoms with Gasteiger partial charge >= 0.3 is 0 Å². The van der Waals surface area contributed by atoms with Crippen LogP contribution in [-0.4, -0.2) is 10.9 Å². The average molecular weight is 430 g/mol. The molecule has 5 heteroatoms. The molecule has 0 amide bonds. The van der Waals surface area contributed by atoms with Gasteiger partial charge in [0.2, 0.25) is 0 Å². The van der Waals surface area contributed by atoms with E-state index in [2.05, 4.69) is 31.9 Å². The first-order valence-electron chi connectivity index (χ1n) is 9.27. The Morgan fingerprint density at radius 3 is 2.55 bits per heavy atom. The first-order valence-corrected chi connectivity index (χ1v) is 7.86. The molecule has 112 valence electrons. The van der Waals surface area contributed by atoms with E-state index < -0.39 is 42.0 Å². The molecule has 0 unspecified atom stereocenters. The number of aryl methyl sites for hydroxylation is 1. The molecule has 0 aliphatic heterocycles. The van der Waals surface area contributed by atoms with Crippen LogP contribution in [0.15, 0.2) is 49.6 Å². The molecule has 0 bridgehead atoms. The Labute approximate surface area is 152 Å². The van der Waals surface area contributed by atoms with Gasteiger partial charge in [-0.1, -0.05) is 25.1 Å². The molecule has 0 saturated carbocycles. The molecule has 0 fully saturated rings. The van der Waals surface area contributed by atoms with Crippen molar-refractivity contribution in [2.75, 3.05) is 0 Å². The van der Waals surface area contributed by atoms with Gasteiger partial charge in [-0.05, 0) is 50.0 Å². The van der Waals surface area contributed by atoms with Gasteiger partial charge in [0, 0.05) is 17.4 Å². The largest absolute Gasteiger partial charge is 0.506 e. The Hall–Kier alpha value is -1.59. The number of furan rings is 1. The molecule has 22 heavy (non-hydrogen) atoms. The number of carbonyl (C=O) groups excluding carboxylic acids is 1. The second kappa shape index (κ2) is 5.89. The summed E-state index contributed by atoms with van der Waals surface area (Å²) in [5.74, 6) is -1.05. The number of rotatable bonds is 3. The van der Waals surface area contributed by atoms with E-state index >= 15 is 0 Å². The molecule has 0 aliphatic carbocycles. The molecule has 0 spiro atoms. The fourth-order valence-corrected chi connectivity index (χ4v) is 3.12. The first kappa shape index (κ1) is 9.53. The predicted molar refractivity (Wildman–Crippen MR) is 92.5 cm³/mol. The molecule has 0 radical (unpaired) electrons. The first-order chi connectivity index (χ1) is 13.0. The van der Waals surface area contributed by atoms with Gasteiger partial charge in [-0.2, -0.15) is 0 Å². The Morgan fingerprint density at radius 2 is 1.91 bits per heavy atom. The summed E-state index contributed by atoms with van der Waals surface area (Å²) in [4.78, 5) is 13.3. The van der Waals surface area contributed by atoms with Crippen molar-refractivity contribution in [2.24, 2.45) is 0 Å². The summed E-state index contributed by atoms with van der Waals surface area (Å²) in [7, 11) is 0. The van der Waals surface area contributed by atoms with Crippen molar-refractivity contribution < 1.29 is 22.5 Å². The van der Waals surface area contributed by atoms with Crippen molar-refractivity contribution in [2.45, 2.75) is 13.3 Å². The minimum Gasteiger partial charge on any atom is -0.506 e. The minimum absolute atomic E-state index is 0.0773. The molecular formula is C17H12Br2O3. The second-order valence-electron chi connectivity index (χ2n) is 4.39. The van der Waals surface area contributed by atoms with Gasteiger partial charge in [-0.15, -0.1) is 0 Å². The van der Waals surface area contributed by atoms with Crippen molar-refractivity contribution in [3.05, 3.63) is 62.1 Å². The summed E-state index contributed by atoms with van der Waals surface area (Å²) in [5, 5.41) is 9.87. The summed E-state index contributed by atoms with van der Waals surface area (Å²) in [6, 6.07) is -2.65. The molecule has 3 nitrogen and oxygen atoms in total. The monoisotopic (exact) mass is 428 g/mol. The van der Waals surface area contributed by atoms with E-state index in [1.807, 2.05) is 0 Å². The number of para-hydroxylation sites is 1. The third-order valence-corrected chi connectivity index (χ3v) is 4.22. The van der Waals surface area contributed by atoms with Crippen molar-refractivity contribution in [3.8, 4) is 5.75 Å². The van der Waals surface area contributed by atoms with E-state index in [4.69, 9.17) is 12.6 Å². The normalized spacial score (nSPS) is 14.9. The molecular weight excluding hydrogens is 412 g/mol. The molecule has 2 aromatic carbocycles. The maximum Gasteiger partial charge on any atom is 0.197 e. The number of benzene rings is 2. The van der Waals surface area contributed by atoms with Crippen LogP contribution in [-0.2, 0) is 6.42 Å². The molecule has 0 atom stereocenters. The van der Waals surface area contributed by atoms with Crippen molar-refractivity contribution >= 4 is 48.6 Å². The number of carbonyl (C=O) groups is 1. The van der Waals surface area contributed by atoms with Crippen LogP contribution in [0.2, 0.25) is 0 Å². The van der Waals surface area contributed by atoms with Gasteiger partial charge in [-0.25, -0.2) is 0 Å². The molecule has 0 aliphatic rings. The van der Waals surface area contributed by atoms with Gasteiger partial charge in [0.25, 0.3) is 0 Å². The lowest BCUT2D eigenvalue weighted by molar-refractivity contribution is 0.103. The zero-order chi connectivity index (χ0) is 21.1. The molecule has 1 aromatic heterocycles. The Bertz CT molecular complexity index is 1140. The lowest BCUT2D eigenvalue weighted by Gasteiger charge is -2.06. The summed E-state index contributed by atoms with van der Waals surface area (Å²) in [6.45, 7) is 1.69. The maximum atomic E-state index is 13.3. The van der Waals surface area contributed by atoms with Gasteiger partial charge in [0.05, 0.1) is 22.7 Å². The molecule has 3 rings (SSSR count). The molecule has 1 N–H and O–H groups in total. The fourth-order valence-electron chi connectivity index (χ4n) is 2.06. The number of ketones is 1. The third-order valence-electron chi connectivity index (χ3n) is 3.07. The van der Waals surface area contributed by atoms with Crippen LogP contribution in [0.3, 0.4) is 0 Å². The zero-order valence-electron chi connectivity index (χ0n) is 17.2. The van der Waals surface area contributed by atoms with E-state index in [1.165, 1.54) is 0 Å². The van der Waals surface area contributed by atoms with Crippen LogP contribution in [0.5, 0.6) is 5.75 Å². The minimum atomic E-state index is -0.794. The van der Waals surface area contributed by atoms with Crippen LogP contribution >= 0.6 is 31.9 Å². The standard InChI is InChI=1S/C17H12Br2O3/c1-2-13-15(10-5-3-4-6-14(10)22-13)16(20)9-7-11(18)17(21)12(19)8-9/h3-8,21H,2H2,1H3/i3D,4D,5D,6D,7D,8D. The number of hydrogen-bond acceptors (Lipinski definition) is 3. The number of aromatic hydroxyl groups is 1. The number of fused-ring (bicyclic) bond motifs is 1. The van der Waals surface area contributed by atoms with Crippen molar-refractivity contribution in [1.29, 1.82) is 0 Å². The van der Waals surface area contributed by atoms with Crippen LogP contribution in [0.25, 0.3) is 11.0 Å². The maximum absolute atomic E-state index is 13.3. The number of halogens is 2. The number of phenols is 1. The Morgan fingerprint density at radius 1 is 1.27 bits per heavy atom. The highest BCUT2D eigenvalue weighted by Crippen LogP contribution is 2.35. The van der Waals surface area contributed by atoms with E-state index in [1.54, 1.807) is 6.92 Å². The summed E-state index contributed by atoms with van der Waals surface area (Å²) in [5.41, 5.74) is -0.599. The van der Waals surface area contributed by atoms with E-state index in [0.29, 0.717) is 0 Å². The summed E-state index contributed by atoms with van der Waals surface area (Å²) in [6.07, 6.45) is 0.219. The van der Waals surface area contributed by atoms with E-state index in [0.717, 1.165) is 0 Å². The van der Waals surface area contributed by atoms with E-state index in [-0.39, 0.29) is 49.0 Å². The SMILES string of the molecule is [2H]c1c(Br)c(O)c(Br)c([2H])c1C(=O)c1c(CC)oc2c([2H])c([2H])c([2H])c([2H])c12. The smallest absolute Gasteiger partial charge is 0.197 e. The summed E-state index contributed by atoms with van der Waals surface area (Å²) >= 11 is 6.06. The Kier molecular flexibility index (Phi) is 2.55. The van der Waals surface area contributed by atoms with Gasteiger partial charge in [0.1, 0.15) is 17.1 Å². The highest BCUT2D eigenvalue weighted by molar-refractivity contribution is 9.11. The second-order valence-corrected chi connectivity index (χ2v) is 5.97. The number of hydrogen-bond donors (Lipinski definition) is 1. The van der Waals surface area contributed by atoms with Gasteiger partial charge in [-0.3, -0.25) is 4.79 Å². The highest BCUT2D eigenvalue weighted by Gasteiger charge is 2.22. The topological polar surface area (TPSA) is 50.4 Å². The average Bonchev–Trinajstić information content (AvgIpc) is 3.07. The quantitative estimate of drug-likeness (QED) is 0.562. The Balaban J connectivity index is 2.45. The van der Waals surface area contributed by atoms with Crippen LogP contribution in [0.1, 0.15) is 36.8 Å². The lowest BCUT2D eigenvalue weighted by atomic mass is 9.99. The molecule has 1 heterocycles. The predicted octanol–water partition coefficient (Wildman–Crippen LogP) is 5.46. The van der Waals surface area contributed by atoms with Crippen molar-refractivity contribution in [3.63, 3.8) is 0 Å². The zero-order valence-corrected chi connectivity index (χ0v) is 14.4.